The van der Waals surface area contributed by atoms with E-state index < -0.39 is 0 Å². The molecular formula is C20H13N3O. The second-order valence-electron chi connectivity index (χ2n) is 4.69. The minimum absolute atomic E-state index is 0.288. The molecule has 0 amide bonds. The molecule has 0 spiro atoms. The van der Waals surface area contributed by atoms with Crippen molar-refractivity contribution in [2.24, 2.45) is 0 Å². The van der Waals surface area contributed by atoms with Crippen LogP contribution in [0, 0.1) is 47.0 Å². The number of anilines is 1. The molecule has 0 atom stereocenters. The molecule has 0 fully saturated rings. The normalized spacial score (nSPS) is 8.71. The molecule has 2 aromatic rings. The van der Waals surface area contributed by atoms with Crippen LogP contribution in [0.3, 0.4) is 0 Å². The Morgan fingerprint density at radius 1 is 0.917 bits per heavy atom. The van der Waals surface area contributed by atoms with E-state index in [1.165, 1.54) is 0 Å². The van der Waals surface area contributed by atoms with Gasteiger partial charge in [0.25, 0.3) is 0 Å². The van der Waals surface area contributed by atoms with Crippen LogP contribution >= 0.6 is 0 Å². The first-order valence-electron chi connectivity index (χ1n) is 7.16. The Morgan fingerprint density at radius 2 is 1.62 bits per heavy atom. The van der Waals surface area contributed by atoms with E-state index in [-0.39, 0.29) is 5.56 Å². The topological polar surface area (TPSA) is 68.8 Å². The number of benzene rings is 2. The number of hydrogen-bond acceptors (Lipinski definition) is 4. The van der Waals surface area contributed by atoms with Crippen LogP contribution in [0.5, 0.6) is 11.5 Å². The smallest absolute Gasteiger partial charge is 0.128 e. The lowest BCUT2D eigenvalue weighted by molar-refractivity contribution is 0.482. The molecule has 0 heterocycles. The van der Waals surface area contributed by atoms with E-state index in [9.17, 15) is 0 Å². The molecule has 0 unspecified atom stereocenters. The zero-order valence-corrected chi connectivity index (χ0v) is 12.8. The largest absolute Gasteiger partial charge is 0.457 e. The van der Waals surface area contributed by atoms with E-state index in [1.54, 1.807) is 30.3 Å². The molecule has 0 radical (unpaired) electrons. The Balaban J connectivity index is 2.02. The zero-order valence-electron chi connectivity index (χ0n) is 12.8. The minimum atomic E-state index is 0.288. The van der Waals surface area contributed by atoms with Crippen LogP contribution in [-0.2, 0) is 0 Å². The van der Waals surface area contributed by atoms with E-state index in [0.29, 0.717) is 29.9 Å². The molecule has 0 bridgehead atoms. The second-order valence-corrected chi connectivity index (χ2v) is 4.69. The van der Waals surface area contributed by atoms with Gasteiger partial charge in [-0.05, 0) is 42.5 Å². The fourth-order valence-electron chi connectivity index (χ4n) is 1.83. The monoisotopic (exact) mass is 311 g/mol. The van der Waals surface area contributed by atoms with Crippen LogP contribution in [0.4, 0.5) is 5.69 Å². The van der Waals surface area contributed by atoms with Crippen LogP contribution in [0.2, 0.25) is 0 Å². The first-order valence-corrected chi connectivity index (χ1v) is 7.16. The second kappa shape index (κ2) is 8.55. The summed E-state index contributed by atoms with van der Waals surface area (Å²) < 4.78 is 5.69. The summed E-state index contributed by atoms with van der Waals surface area (Å²) >= 11 is 0. The molecule has 0 aliphatic rings. The molecule has 1 N–H and O–H groups in total. The van der Waals surface area contributed by atoms with Crippen LogP contribution < -0.4 is 10.1 Å². The van der Waals surface area contributed by atoms with Crippen LogP contribution in [0.15, 0.2) is 42.5 Å². The summed E-state index contributed by atoms with van der Waals surface area (Å²) in [6, 6.07) is 18.8. The van der Waals surface area contributed by atoms with Gasteiger partial charge in [0, 0.05) is 24.6 Å². The number of unbranched alkanes of at least 4 members (excludes halogenated alkanes) is 1. The van der Waals surface area contributed by atoms with Crippen molar-refractivity contribution in [1.82, 2.24) is 0 Å². The minimum Gasteiger partial charge on any atom is -0.457 e. The molecule has 0 aromatic heterocycles. The van der Waals surface area contributed by atoms with Gasteiger partial charge in [0.05, 0.1) is 11.1 Å². The summed E-state index contributed by atoms with van der Waals surface area (Å²) in [4.78, 5) is 0. The highest BCUT2D eigenvalue weighted by Gasteiger charge is 2.04. The Kier molecular flexibility index (Phi) is 5.88. The lowest BCUT2D eigenvalue weighted by Gasteiger charge is -2.07. The van der Waals surface area contributed by atoms with Gasteiger partial charge in [-0.25, -0.2) is 0 Å². The summed E-state index contributed by atoms with van der Waals surface area (Å²) in [5.74, 6) is 6.57. The number of rotatable bonds is 4. The van der Waals surface area contributed by atoms with Gasteiger partial charge in [0.2, 0.25) is 0 Å². The highest BCUT2D eigenvalue weighted by molar-refractivity contribution is 5.52. The molecule has 2 aromatic carbocycles. The number of hydrogen-bond donors (Lipinski definition) is 1. The maximum atomic E-state index is 9.02. The summed E-state index contributed by atoms with van der Waals surface area (Å²) in [6.07, 6.45) is 6.44. The molecule has 0 aliphatic carbocycles. The SMILES string of the molecule is C#CCCC#CNc1ccc(Oc2ccc(C#N)c(C#N)c2)cc1. The van der Waals surface area contributed by atoms with Gasteiger partial charge in [-0.15, -0.1) is 12.3 Å². The van der Waals surface area contributed by atoms with E-state index in [0.717, 1.165) is 5.69 Å². The average molecular weight is 311 g/mol. The molecule has 4 heteroatoms. The summed E-state index contributed by atoms with van der Waals surface area (Å²) in [5, 5.41) is 20.9. The Labute approximate surface area is 141 Å². The van der Waals surface area contributed by atoms with Gasteiger partial charge in [0.1, 0.15) is 23.6 Å². The molecule has 0 saturated heterocycles. The predicted octanol–water partition coefficient (Wildman–Crippen LogP) is 4.01. The number of nitrogens with zero attached hydrogens (tertiary/aromatic N) is 2. The van der Waals surface area contributed by atoms with Crippen molar-refractivity contribution >= 4 is 5.69 Å². The van der Waals surface area contributed by atoms with Gasteiger partial charge in [-0.1, -0.05) is 5.92 Å². The molecule has 4 nitrogen and oxygen atoms in total. The third-order valence-electron chi connectivity index (χ3n) is 3.01. The van der Waals surface area contributed by atoms with Gasteiger partial charge in [0.15, 0.2) is 0 Å². The van der Waals surface area contributed by atoms with E-state index in [4.69, 9.17) is 21.7 Å². The van der Waals surface area contributed by atoms with Crippen LogP contribution in [0.1, 0.15) is 24.0 Å². The third kappa shape index (κ3) is 4.57. The van der Waals surface area contributed by atoms with Crippen molar-refractivity contribution in [3.63, 3.8) is 0 Å². The zero-order chi connectivity index (χ0) is 17.2. The maximum absolute atomic E-state index is 9.02. The molecule has 24 heavy (non-hydrogen) atoms. The molecule has 0 aliphatic heterocycles. The highest BCUT2D eigenvalue weighted by Crippen LogP contribution is 2.24. The van der Waals surface area contributed by atoms with Crippen molar-refractivity contribution in [3.8, 4) is 47.9 Å². The summed E-state index contributed by atoms with van der Waals surface area (Å²) in [6.45, 7) is 0. The van der Waals surface area contributed by atoms with Crippen molar-refractivity contribution in [1.29, 1.82) is 10.5 Å². The van der Waals surface area contributed by atoms with Crippen LogP contribution in [0.25, 0.3) is 0 Å². The van der Waals surface area contributed by atoms with Crippen molar-refractivity contribution < 1.29 is 4.74 Å². The van der Waals surface area contributed by atoms with Gasteiger partial charge >= 0.3 is 0 Å². The van der Waals surface area contributed by atoms with E-state index in [1.807, 2.05) is 24.3 Å². The molecule has 0 saturated carbocycles. The van der Waals surface area contributed by atoms with Gasteiger partial charge in [-0.3, -0.25) is 0 Å². The lowest BCUT2D eigenvalue weighted by atomic mass is 10.1. The average Bonchev–Trinajstić information content (AvgIpc) is 2.63. The van der Waals surface area contributed by atoms with Crippen molar-refractivity contribution in [3.05, 3.63) is 53.6 Å². The Morgan fingerprint density at radius 3 is 2.29 bits per heavy atom. The highest BCUT2D eigenvalue weighted by atomic mass is 16.5. The Bertz CT molecular complexity index is 898. The van der Waals surface area contributed by atoms with E-state index in [2.05, 4.69) is 23.2 Å². The first-order chi connectivity index (χ1) is 11.8. The van der Waals surface area contributed by atoms with Gasteiger partial charge < -0.3 is 10.1 Å². The van der Waals surface area contributed by atoms with Crippen LogP contribution in [-0.4, -0.2) is 0 Å². The maximum Gasteiger partial charge on any atom is 0.128 e. The first kappa shape index (κ1) is 16.5. The molecule has 2 rings (SSSR count). The van der Waals surface area contributed by atoms with Crippen molar-refractivity contribution in [2.75, 3.05) is 5.32 Å². The summed E-state index contributed by atoms with van der Waals surface area (Å²) in [5.41, 5.74) is 1.46. The number of nitrogens with one attached hydrogen (secondary N) is 1. The number of ether oxygens (including phenoxy) is 1. The lowest BCUT2D eigenvalue weighted by Crippen LogP contribution is -1.90. The number of terminal acetylenes is 1. The quantitative estimate of drug-likeness (QED) is 0.526. The molecular weight excluding hydrogens is 298 g/mol. The molecule has 114 valence electrons. The Hall–Kier alpha value is -3.86. The number of nitriles is 2. The van der Waals surface area contributed by atoms with E-state index >= 15 is 0 Å². The van der Waals surface area contributed by atoms with Crippen molar-refractivity contribution in [2.45, 2.75) is 12.8 Å². The fraction of sp³-hybridized carbons (Fsp3) is 0.100. The van der Waals surface area contributed by atoms with Gasteiger partial charge in [-0.2, -0.15) is 10.5 Å². The fourth-order valence-corrected chi connectivity index (χ4v) is 1.83. The predicted molar refractivity (Wildman–Crippen MR) is 91.9 cm³/mol. The summed E-state index contributed by atoms with van der Waals surface area (Å²) in [7, 11) is 0. The third-order valence-corrected chi connectivity index (χ3v) is 3.01. The standard InChI is InChI=1S/C20H13N3O/c1-2-3-4-5-12-23-18-7-10-19(11-8-18)24-20-9-6-16(14-21)17(13-20)15-22/h1,6-11,13,23H,3-4H2.